The Morgan fingerprint density at radius 3 is 3.12 bits per heavy atom. The minimum absolute atomic E-state index is 0.134. The van der Waals surface area contributed by atoms with Crippen molar-refractivity contribution in [3.05, 3.63) is 12.4 Å². The van der Waals surface area contributed by atoms with Gasteiger partial charge in [0.15, 0.2) is 0 Å². The van der Waals surface area contributed by atoms with E-state index in [0.717, 1.165) is 0 Å². The third-order valence-electron chi connectivity index (χ3n) is 1.93. The summed E-state index contributed by atoms with van der Waals surface area (Å²) in [6.45, 7) is 0.888. The molecule has 2 N–H and O–H groups in total. The van der Waals surface area contributed by atoms with Gasteiger partial charge in [-0.15, -0.1) is 5.10 Å². The van der Waals surface area contributed by atoms with E-state index in [9.17, 15) is 9.90 Å². The summed E-state index contributed by atoms with van der Waals surface area (Å²) in [7, 11) is 1.50. The van der Waals surface area contributed by atoms with Crippen LogP contribution in [0.2, 0.25) is 0 Å². The van der Waals surface area contributed by atoms with Gasteiger partial charge in [0.1, 0.15) is 0 Å². The van der Waals surface area contributed by atoms with E-state index >= 15 is 0 Å². The molecule has 1 amide bonds. The largest absolute Gasteiger partial charge is 0.389 e. The lowest BCUT2D eigenvalue weighted by atomic mass is 10.3. The highest BCUT2D eigenvalue weighted by Gasteiger charge is 2.06. The number of aliphatic hydroxyl groups excluding tert-OH is 1. The summed E-state index contributed by atoms with van der Waals surface area (Å²) >= 11 is 0. The summed E-state index contributed by atoms with van der Waals surface area (Å²) in [4.78, 5) is 11.3. The fourth-order valence-corrected chi connectivity index (χ4v) is 1.14. The van der Waals surface area contributed by atoms with Crippen molar-refractivity contribution in [2.45, 2.75) is 19.1 Å². The van der Waals surface area contributed by atoms with Crippen molar-refractivity contribution in [3.8, 4) is 0 Å². The molecule has 16 heavy (non-hydrogen) atoms. The highest BCUT2D eigenvalue weighted by atomic mass is 16.5. The molecule has 0 saturated heterocycles. The average molecular weight is 228 g/mol. The molecule has 7 heteroatoms. The summed E-state index contributed by atoms with van der Waals surface area (Å²) in [5.41, 5.74) is 0. The maximum absolute atomic E-state index is 11.3. The molecule has 0 saturated carbocycles. The molecule has 7 nitrogen and oxygen atoms in total. The fraction of sp³-hybridized carbons (Fsp3) is 0.667. The molecule has 1 aromatic rings. The monoisotopic (exact) mass is 228 g/mol. The molecule has 90 valence electrons. The molecule has 0 aliphatic rings. The number of rotatable bonds is 7. The third kappa shape index (κ3) is 4.85. The smallest absolute Gasteiger partial charge is 0.221 e. The van der Waals surface area contributed by atoms with E-state index in [-0.39, 0.29) is 19.1 Å². The van der Waals surface area contributed by atoms with Gasteiger partial charge in [-0.1, -0.05) is 5.21 Å². The number of carbonyl (C=O) groups excluding carboxylic acids is 1. The zero-order valence-electron chi connectivity index (χ0n) is 9.17. The van der Waals surface area contributed by atoms with Crippen LogP contribution in [0.1, 0.15) is 6.42 Å². The van der Waals surface area contributed by atoms with E-state index in [1.54, 1.807) is 17.1 Å². The standard InChI is InChI=1S/C9H16N4O3/c1-16-7-8(14)6-10-9(15)2-4-13-5-3-11-12-13/h3,5,8,14H,2,4,6-7H2,1H3,(H,10,15). The van der Waals surface area contributed by atoms with E-state index in [0.29, 0.717) is 13.0 Å². The lowest BCUT2D eigenvalue weighted by molar-refractivity contribution is -0.122. The van der Waals surface area contributed by atoms with Gasteiger partial charge in [0, 0.05) is 26.3 Å². The lowest BCUT2D eigenvalue weighted by Crippen LogP contribution is -2.34. The maximum atomic E-state index is 11.3. The van der Waals surface area contributed by atoms with Gasteiger partial charge in [0.25, 0.3) is 0 Å². The Morgan fingerprint density at radius 1 is 1.69 bits per heavy atom. The molecule has 0 radical (unpaired) electrons. The summed E-state index contributed by atoms with van der Waals surface area (Å²) in [5.74, 6) is -0.134. The van der Waals surface area contributed by atoms with Crippen molar-refractivity contribution >= 4 is 5.91 Å². The number of carbonyl (C=O) groups is 1. The van der Waals surface area contributed by atoms with E-state index in [1.165, 1.54) is 7.11 Å². The van der Waals surface area contributed by atoms with Crippen LogP contribution in [0.4, 0.5) is 0 Å². The van der Waals surface area contributed by atoms with E-state index < -0.39 is 6.10 Å². The van der Waals surface area contributed by atoms with Crippen LogP contribution in [-0.2, 0) is 16.1 Å². The third-order valence-corrected chi connectivity index (χ3v) is 1.93. The summed E-state index contributed by atoms with van der Waals surface area (Å²) in [6, 6.07) is 0. The van der Waals surface area contributed by atoms with Crippen LogP contribution in [0.15, 0.2) is 12.4 Å². The molecular weight excluding hydrogens is 212 g/mol. The van der Waals surface area contributed by atoms with Crippen molar-refractivity contribution < 1.29 is 14.6 Å². The molecule has 1 rings (SSSR count). The van der Waals surface area contributed by atoms with Gasteiger partial charge in [-0.25, -0.2) is 0 Å². The van der Waals surface area contributed by atoms with Crippen LogP contribution in [-0.4, -0.2) is 52.4 Å². The second-order valence-electron chi connectivity index (χ2n) is 3.33. The summed E-state index contributed by atoms with van der Waals surface area (Å²) < 4.78 is 6.31. The van der Waals surface area contributed by atoms with E-state index in [4.69, 9.17) is 4.74 Å². The second kappa shape index (κ2) is 6.91. The zero-order valence-corrected chi connectivity index (χ0v) is 9.17. The predicted octanol–water partition coefficient (Wildman–Crippen LogP) is -1.21. The van der Waals surface area contributed by atoms with Crippen molar-refractivity contribution in [2.75, 3.05) is 20.3 Å². The first-order valence-corrected chi connectivity index (χ1v) is 5.00. The van der Waals surface area contributed by atoms with Crippen molar-refractivity contribution in [1.29, 1.82) is 0 Å². The van der Waals surface area contributed by atoms with Crippen LogP contribution in [0.5, 0.6) is 0 Å². The minimum Gasteiger partial charge on any atom is -0.389 e. The first-order valence-electron chi connectivity index (χ1n) is 5.00. The average Bonchev–Trinajstić information content (AvgIpc) is 2.77. The van der Waals surface area contributed by atoms with Gasteiger partial charge in [0.2, 0.25) is 5.91 Å². The molecule has 0 fully saturated rings. The SMILES string of the molecule is COCC(O)CNC(=O)CCn1ccnn1. The normalized spacial score (nSPS) is 12.4. The van der Waals surface area contributed by atoms with Crippen molar-refractivity contribution in [2.24, 2.45) is 0 Å². The van der Waals surface area contributed by atoms with Gasteiger partial charge < -0.3 is 15.2 Å². The molecule has 0 aromatic carbocycles. The summed E-state index contributed by atoms with van der Waals surface area (Å²) in [5, 5.41) is 19.2. The van der Waals surface area contributed by atoms with Gasteiger partial charge in [-0.05, 0) is 0 Å². The first kappa shape index (κ1) is 12.6. The van der Waals surface area contributed by atoms with Crippen molar-refractivity contribution in [1.82, 2.24) is 20.3 Å². The second-order valence-corrected chi connectivity index (χ2v) is 3.33. The van der Waals surface area contributed by atoms with Gasteiger partial charge >= 0.3 is 0 Å². The molecule has 1 heterocycles. The predicted molar refractivity (Wildman–Crippen MR) is 55.5 cm³/mol. The van der Waals surface area contributed by atoms with Gasteiger partial charge in [-0.3, -0.25) is 9.48 Å². The Bertz CT molecular complexity index is 302. The van der Waals surface area contributed by atoms with Crippen LogP contribution in [0.25, 0.3) is 0 Å². The number of ether oxygens (including phenoxy) is 1. The Balaban J connectivity index is 2.11. The number of nitrogens with one attached hydrogen (secondary N) is 1. The quantitative estimate of drug-likeness (QED) is 0.611. The van der Waals surface area contributed by atoms with Crippen LogP contribution in [0, 0.1) is 0 Å². The van der Waals surface area contributed by atoms with E-state index in [2.05, 4.69) is 15.6 Å². The molecular formula is C9H16N4O3. The van der Waals surface area contributed by atoms with Crippen LogP contribution >= 0.6 is 0 Å². The molecule has 0 bridgehead atoms. The number of aliphatic hydroxyl groups is 1. The number of hydrogen-bond donors (Lipinski definition) is 2. The number of hydrogen-bond acceptors (Lipinski definition) is 5. The molecule has 0 spiro atoms. The van der Waals surface area contributed by atoms with E-state index in [1.807, 2.05) is 0 Å². The Morgan fingerprint density at radius 2 is 2.50 bits per heavy atom. The number of amides is 1. The molecule has 1 aromatic heterocycles. The fourth-order valence-electron chi connectivity index (χ4n) is 1.14. The number of methoxy groups -OCH3 is 1. The Hall–Kier alpha value is -1.47. The lowest BCUT2D eigenvalue weighted by Gasteiger charge is -2.10. The van der Waals surface area contributed by atoms with Gasteiger partial charge in [-0.2, -0.15) is 0 Å². The highest BCUT2D eigenvalue weighted by molar-refractivity contribution is 5.75. The molecule has 0 aliphatic heterocycles. The van der Waals surface area contributed by atoms with Crippen LogP contribution < -0.4 is 5.32 Å². The Labute approximate surface area is 93.4 Å². The zero-order chi connectivity index (χ0) is 11.8. The minimum atomic E-state index is -0.666. The molecule has 0 aliphatic carbocycles. The number of aryl methyl sites for hydroxylation is 1. The van der Waals surface area contributed by atoms with Crippen LogP contribution in [0.3, 0.4) is 0 Å². The number of nitrogens with zero attached hydrogens (tertiary/aromatic N) is 3. The first-order chi connectivity index (χ1) is 7.72. The Kier molecular flexibility index (Phi) is 5.44. The topological polar surface area (TPSA) is 89.3 Å². The molecule has 1 atom stereocenters. The van der Waals surface area contributed by atoms with Gasteiger partial charge in [0.05, 0.1) is 25.5 Å². The summed E-state index contributed by atoms with van der Waals surface area (Å²) in [6.07, 6.45) is 2.89. The highest BCUT2D eigenvalue weighted by Crippen LogP contribution is 1.88. The maximum Gasteiger partial charge on any atom is 0.221 e. The van der Waals surface area contributed by atoms with Crippen molar-refractivity contribution in [3.63, 3.8) is 0 Å². The number of aromatic nitrogens is 3. The molecule has 1 unspecified atom stereocenters.